The topological polar surface area (TPSA) is 62.7 Å². The van der Waals surface area contributed by atoms with Crippen molar-refractivity contribution in [3.05, 3.63) is 93.7 Å². The number of nitrogens with zero attached hydrogens (tertiary/aromatic N) is 1. The first-order chi connectivity index (χ1) is 14.4. The van der Waals surface area contributed by atoms with Crippen LogP contribution in [0.25, 0.3) is 0 Å². The Morgan fingerprint density at radius 1 is 1.13 bits per heavy atom. The lowest BCUT2D eigenvalue weighted by molar-refractivity contribution is 0.0733. The summed E-state index contributed by atoms with van der Waals surface area (Å²) in [6, 6.07) is 18.2. The molecule has 0 aliphatic carbocycles. The second kappa shape index (κ2) is 10.1. The van der Waals surface area contributed by atoms with Gasteiger partial charge in [0.2, 0.25) is 0 Å². The van der Waals surface area contributed by atoms with E-state index in [1.54, 1.807) is 42.5 Å². The van der Waals surface area contributed by atoms with Crippen LogP contribution in [0.3, 0.4) is 0 Å². The molecule has 0 atom stereocenters. The summed E-state index contributed by atoms with van der Waals surface area (Å²) in [7, 11) is 0. The van der Waals surface area contributed by atoms with Gasteiger partial charge < -0.3 is 10.1 Å². The largest absolute Gasteiger partial charge is 0.422 e. The smallest absolute Gasteiger partial charge is 0.343 e. The number of anilines is 1. The van der Waals surface area contributed by atoms with Crippen LogP contribution in [-0.2, 0) is 0 Å². The minimum absolute atomic E-state index is 0.228. The maximum Gasteiger partial charge on any atom is 0.343 e. The van der Waals surface area contributed by atoms with Gasteiger partial charge in [0.05, 0.1) is 11.8 Å². The van der Waals surface area contributed by atoms with E-state index in [4.69, 9.17) is 17.0 Å². The van der Waals surface area contributed by atoms with Gasteiger partial charge in [-0.3, -0.25) is 5.43 Å². The summed E-state index contributed by atoms with van der Waals surface area (Å²) >= 11 is 8.57. The summed E-state index contributed by atoms with van der Waals surface area (Å²) in [5.74, 6) is -0.430. The van der Waals surface area contributed by atoms with Crippen LogP contribution in [0.2, 0.25) is 0 Å². The number of esters is 1. The molecular weight excluding hydrogens is 469 g/mol. The molecule has 0 aromatic heterocycles. The first-order valence-corrected chi connectivity index (χ1v) is 10.1. The molecule has 0 radical (unpaired) electrons. The van der Waals surface area contributed by atoms with Gasteiger partial charge in [0.1, 0.15) is 11.6 Å². The van der Waals surface area contributed by atoms with Crippen LogP contribution >= 0.6 is 28.1 Å². The third-order valence-corrected chi connectivity index (χ3v) is 4.70. The molecule has 0 bridgehead atoms. The first-order valence-electron chi connectivity index (χ1n) is 8.85. The maximum atomic E-state index is 13.0. The number of hydrogen-bond acceptors (Lipinski definition) is 4. The minimum atomic E-state index is -0.452. The Hall–Kier alpha value is -3.10. The highest BCUT2D eigenvalue weighted by molar-refractivity contribution is 9.10. The molecule has 30 heavy (non-hydrogen) atoms. The van der Waals surface area contributed by atoms with Crippen molar-refractivity contribution in [2.45, 2.75) is 6.92 Å². The second-order valence-electron chi connectivity index (χ2n) is 6.22. The molecule has 0 fully saturated rings. The molecule has 8 heteroatoms. The molecule has 0 saturated heterocycles. The third-order valence-electron chi connectivity index (χ3n) is 4.01. The van der Waals surface area contributed by atoms with E-state index in [9.17, 15) is 9.18 Å². The van der Waals surface area contributed by atoms with Crippen molar-refractivity contribution >= 4 is 51.1 Å². The van der Waals surface area contributed by atoms with E-state index in [2.05, 4.69) is 31.8 Å². The minimum Gasteiger partial charge on any atom is -0.422 e. The number of thiocarbonyl (C=S) groups is 1. The van der Waals surface area contributed by atoms with Crippen molar-refractivity contribution in [3.63, 3.8) is 0 Å². The fraction of sp³-hybridized carbons (Fsp3) is 0.0455. The van der Waals surface area contributed by atoms with Gasteiger partial charge in [-0.05, 0) is 73.2 Å². The molecule has 0 aliphatic rings. The Morgan fingerprint density at radius 3 is 2.60 bits per heavy atom. The van der Waals surface area contributed by atoms with Crippen LogP contribution in [0.1, 0.15) is 21.5 Å². The van der Waals surface area contributed by atoms with Crippen LogP contribution in [0, 0.1) is 12.7 Å². The summed E-state index contributed by atoms with van der Waals surface area (Å²) < 4.78 is 19.3. The molecule has 3 aromatic rings. The van der Waals surface area contributed by atoms with E-state index in [-0.39, 0.29) is 10.9 Å². The number of carbonyl (C=O) groups excluding carboxylic acids is 1. The monoisotopic (exact) mass is 485 g/mol. The average molecular weight is 486 g/mol. The Bertz CT molecular complexity index is 1100. The zero-order valence-corrected chi connectivity index (χ0v) is 18.3. The lowest BCUT2D eigenvalue weighted by Crippen LogP contribution is -2.23. The van der Waals surface area contributed by atoms with Crippen LogP contribution in [0.5, 0.6) is 5.75 Å². The van der Waals surface area contributed by atoms with Crippen molar-refractivity contribution in [2.75, 3.05) is 5.32 Å². The standard InChI is InChI=1S/C22H17BrFN3O2S/c1-14-4-2-3-5-19(14)21(28)29-20-11-6-16(23)12-15(20)13-25-27-22(30)26-18-9-7-17(24)8-10-18/h2-13H,1H3,(H2,26,27,30). The first kappa shape index (κ1) is 21.6. The molecule has 0 unspecified atom stereocenters. The summed E-state index contributed by atoms with van der Waals surface area (Å²) in [6.07, 6.45) is 1.49. The average Bonchev–Trinajstić information content (AvgIpc) is 2.72. The summed E-state index contributed by atoms with van der Waals surface area (Å²) in [5, 5.41) is 7.20. The lowest BCUT2D eigenvalue weighted by atomic mass is 10.1. The van der Waals surface area contributed by atoms with E-state index < -0.39 is 5.97 Å². The van der Waals surface area contributed by atoms with E-state index in [0.717, 1.165) is 10.0 Å². The SMILES string of the molecule is Cc1ccccc1C(=O)Oc1ccc(Br)cc1C=NNC(=S)Nc1ccc(F)cc1. The van der Waals surface area contributed by atoms with Gasteiger partial charge in [0, 0.05) is 15.7 Å². The van der Waals surface area contributed by atoms with E-state index in [0.29, 0.717) is 22.6 Å². The number of benzene rings is 3. The molecule has 5 nitrogen and oxygen atoms in total. The van der Waals surface area contributed by atoms with Gasteiger partial charge in [-0.15, -0.1) is 0 Å². The second-order valence-corrected chi connectivity index (χ2v) is 7.54. The summed E-state index contributed by atoms with van der Waals surface area (Å²) in [6.45, 7) is 1.85. The van der Waals surface area contributed by atoms with Crippen molar-refractivity contribution in [1.29, 1.82) is 0 Å². The molecule has 0 amide bonds. The van der Waals surface area contributed by atoms with Crippen molar-refractivity contribution in [2.24, 2.45) is 5.10 Å². The van der Waals surface area contributed by atoms with Gasteiger partial charge in [0.25, 0.3) is 0 Å². The van der Waals surface area contributed by atoms with Gasteiger partial charge in [-0.25, -0.2) is 9.18 Å². The highest BCUT2D eigenvalue weighted by Crippen LogP contribution is 2.23. The van der Waals surface area contributed by atoms with Crippen LogP contribution in [-0.4, -0.2) is 17.3 Å². The van der Waals surface area contributed by atoms with Crippen molar-refractivity contribution in [3.8, 4) is 5.75 Å². The number of ether oxygens (including phenoxy) is 1. The lowest BCUT2D eigenvalue weighted by Gasteiger charge is -2.10. The van der Waals surface area contributed by atoms with Crippen LogP contribution in [0.4, 0.5) is 10.1 Å². The Balaban J connectivity index is 1.68. The van der Waals surface area contributed by atoms with Crippen LogP contribution < -0.4 is 15.5 Å². The zero-order chi connectivity index (χ0) is 21.5. The van der Waals surface area contributed by atoms with Crippen LogP contribution in [0.15, 0.2) is 76.3 Å². The quantitative estimate of drug-likeness (QED) is 0.166. The molecule has 152 valence electrons. The summed E-state index contributed by atoms with van der Waals surface area (Å²) in [5.41, 5.74) is 5.19. The molecule has 0 saturated carbocycles. The number of hydrogen-bond donors (Lipinski definition) is 2. The zero-order valence-electron chi connectivity index (χ0n) is 15.9. The third kappa shape index (κ3) is 5.95. The summed E-state index contributed by atoms with van der Waals surface area (Å²) in [4.78, 5) is 12.5. The number of carbonyl (C=O) groups is 1. The predicted molar refractivity (Wildman–Crippen MR) is 124 cm³/mol. The molecule has 2 N–H and O–H groups in total. The van der Waals surface area contributed by atoms with Crippen molar-refractivity contribution < 1.29 is 13.9 Å². The fourth-order valence-electron chi connectivity index (χ4n) is 2.52. The van der Waals surface area contributed by atoms with Gasteiger partial charge >= 0.3 is 5.97 Å². The van der Waals surface area contributed by atoms with E-state index in [1.165, 1.54) is 18.3 Å². The molecule has 0 spiro atoms. The van der Waals surface area contributed by atoms with Crippen molar-refractivity contribution in [1.82, 2.24) is 5.43 Å². The van der Waals surface area contributed by atoms with E-state index in [1.807, 2.05) is 19.1 Å². The molecular formula is C22H17BrFN3O2S. The number of aryl methyl sites for hydroxylation is 1. The molecule has 3 aromatic carbocycles. The molecule has 3 rings (SSSR count). The Labute approximate surface area is 187 Å². The molecule has 0 heterocycles. The predicted octanol–water partition coefficient (Wildman–Crippen LogP) is 5.44. The fourth-order valence-corrected chi connectivity index (χ4v) is 3.07. The molecule has 0 aliphatic heterocycles. The Morgan fingerprint density at radius 2 is 1.87 bits per heavy atom. The number of rotatable bonds is 5. The highest BCUT2D eigenvalue weighted by Gasteiger charge is 2.13. The number of hydrazone groups is 1. The van der Waals surface area contributed by atoms with Gasteiger partial charge in [0.15, 0.2) is 5.11 Å². The number of halogens is 2. The number of nitrogens with one attached hydrogen (secondary N) is 2. The maximum absolute atomic E-state index is 13.0. The highest BCUT2D eigenvalue weighted by atomic mass is 79.9. The van der Waals surface area contributed by atoms with Gasteiger partial charge in [-0.2, -0.15) is 5.10 Å². The normalized spacial score (nSPS) is 10.6. The van der Waals surface area contributed by atoms with Gasteiger partial charge in [-0.1, -0.05) is 34.1 Å². The Kier molecular flexibility index (Phi) is 7.26. The van der Waals surface area contributed by atoms with E-state index >= 15 is 0 Å².